The molecule has 41 heavy (non-hydrogen) atoms. The third-order valence-corrected chi connectivity index (χ3v) is 7.65. The summed E-state index contributed by atoms with van der Waals surface area (Å²) in [5.41, 5.74) is 0.647. The first-order valence-electron chi connectivity index (χ1n) is 13.3. The van der Waals surface area contributed by atoms with E-state index < -0.39 is 23.4 Å². The largest absolute Gasteiger partial charge is 0.394 e. The number of benzene rings is 2. The molecule has 0 spiro atoms. The van der Waals surface area contributed by atoms with Gasteiger partial charge < -0.3 is 30.4 Å². The summed E-state index contributed by atoms with van der Waals surface area (Å²) in [4.78, 5) is 52.7. The molecule has 2 aliphatic heterocycles. The van der Waals surface area contributed by atoms with Crippen LogP contribution in [-0.4, -0.2) is 63.8 Å². The molecule has 2 saturated heterocycles. The molecule has 0 saturated carbocycles. The monoisotopic (exact) mass is 574 g/mol. The highest BCUT2D eigenvalue weighted by Gasteiger charge is 2.34. The van der Waals surface area contributed by atoms with Crippen molar-refractivity contribution < 1.29 is 19.4 Å². The smallest absolute Gasteiger partial charge is 0.262 e. The number of fused-ring (bicyclic) bond motifs is 3. The van der Waals surface area contributed by atoms with E-state index >= 15 is 0 Å². The number of amides is 2. The van der Waals surface area contributed by atoms with E-state index in [4.69, 9.17) is 16.3 Å². The summed E-state index contributed by atoms with van der Waals surface area (Å²) in [7, 11) is 0. The maximum Gasteiger partial charge on any atom is 0.262 e. The molecule has 2 bridgehead atoms. The number of H-pyrrole nitrogens is 1. The number of ether oxygens (including phenoxy) is 1. The van der Waals surface area contributed by atoms with Gasteiger partial charge in [-0.25, -0.2) is 4.98 Å². The van der Waals surface area contributed by atoms with Crippen molar-refractivity contribution >= 4 is 46.1 Å². The number of morpholine rings is 1. The molecule has 2 aromatic carbocycles. The second-order valence-corrected chi connectivity index (χ2v) is 10.5. The molecule has 0 radical (unpaired) electrons. The van der Waals surface area contributed by atoms with Crippen molar-refractivity contribution in [3.63, 3.8) is 0 Å². The minimum absolute atomic E-state index is 0.151. The summed E-state index contributed by atoms with van der Waals surface area (Å²) < 4.78 is 5.87. The molecule has 2 aliphatic rings. The molecule has 6 rings (SSSR count). The van der Waals surface area contributed by atoms with Gasteiger partial charge in [-0.2, -0.15) is 4.98 Å². The van der Waals surface area contributed by atoms with E-state index in [1.807, 2.05) is 18.2 Å². The number of carbonyl (C=O) groups is 2. The lowest BCUT2D eigenvalue weighted by atomic mass is 10.1. The maximum atomic E-state index is 13.1. The summed E-state index contributed by atoms with van der Waals surface area (Å²) in [6.07, 6.45) is 3.92. The highest BCUT2D eigenvalue weighted by atomic mass is 35.5. The highest BCUT2D eigenvalue weighted by molar-refractivity contribution is 6.34. The number of halogens is 1. The van der Waals surface area contributed by atoms with Gasteiger partial charge in [-0.3, -0.25) is 14.4 Å². The van der Waals surface area contributed by atoms with Crippen LogP contribution in [0, 0.1) is 0 Å². The van der Waals surface area contributed by atoms with Gasteiger partial charge in [-0.05, 0) is 42.7 Å². The van der Waals surface area contributed by atoms with Crippen LogP contribution in [0.2, 0.25) is 5.02 Å². The Morgan fingerprint density at radius 1 is 1.10 bits per heavy atom. The molecule has 2 amide bonds. The topological polar surface area (TPSA) is 150 Å². The van der Waals surface area contributed by atoms with Gasteiger partial charge in [0.2, 0.25) is 5.95 Å². The zero-order chi connectivity index (χ0) is 28.5. The Morgan fingerprint density at radius 3 is 2.59 bits per heavy atom. The van der Waals surface area contributed by atoms with Crippen LogP contribution in [0.3, 0.4) is 0 Å². The summed E-state index contributed by atoms with van der Waals surface area (Å²) in [5, 5.41) is 15.9. The Balaban J connectivity index is 1.19. The number of nitrogens with one attached hydrogen (secondary N) is 3. The normalized spacial score (nSPS) is 18.7. The molecular formula is C29H27ClN6O5. The van der Waals surface area contributed by atoms with Gasteiger partial charge in [0.1, 0.15) is 11.2 Å². The number of rotatable bonds is 7. The number of nitrogens with zero attached hydrogens (tertiary/aromatic N) is 3. The van der Waals surface area contributed by atoms with Crippen molar-refractivity contribution in [2.45, 2.75) is 31.1 Å². The van der Waals surface area contributed by atoms with Crippen LogP contribution < -0.4 is 21.1 Å². The predicted octanol–water partition coefficient (Wildman–Crippen LogP) is 3.05. The van der Waals surface area contributed by atoms with Crippen LogP contribution in [0.5, 0.6) is 0 Å². The van der Waals surface area contributed by atoms with Gasteiger partial charge >= 0.3 is 0 Å². The first-order valence-corrected chi connectivity index (χ1v) is 13.6. The van der Waals surface area contributed by atoms with E-state index in [-0.39, 0.29) is 40.7 Å². The van der Waals surface area contributed by atoms with E-state index in [0.29, 0.717) is 30.1 Å². The van der Waals surface area contributed by atoms with Crippen molar-refractivity contribution in [1.29, 1.82) is 0 Å². The quantitative estimate of drug-likeness (QED) is 0.263. The lowest BCUT2D eigenvalue weighted by molar-refractivity contribution is 0.0299. The second-order valence-electron chi connectivity index (χ2n) is 10.1. The number of anilines is 2. The van der Waals surface area contributed by atoms with Crippen LogP contribution in [-0.2, 0) is 4.74 Å². The number of carbonyl (C=O) groups excluding carboxylic acids is 2. The molecule has 3 unspecified atom stereocenters. The highest BCUT2D eigenvalue weighted by Crippen LogP contribution is 2.29. The van der Waals surface area contributed by atoms with Gasteiger partial charge in [0, 0.05) is 30.2 Å². The number of aliphatic hydroxyl groups is 1. The molecule has 2 fully saturated rings. The van der Waals surface area contributed by atoms with Crippen LogP contribution >= 0.6 is 11.6 Å². The zero-order valence-electron chi connectivity index (χ0n) is 21.8. The van der Waals surface area contributed by atoms with Crippen molar-refractivity contribution in [3.8, 4) is 0 Å². The SMILES string of the molecule is O=C(NC(CO)c1ccccc1)c1ccc(Cl)c(NC(=O)c2cc3cnc(N4CC5CCC(C4)O5)nc3[nH]c2=O)c1. The van der Waals surface area contributed by atoms with Gasteiger partial charge in [-0.1, -0.05) is 41.9 Å². The van der Waals surface area contributed by atoms with Gasteiger partial charge in [0.05, 0.1) is 35.6 Å². The lowest BCUT2D eigenvalue weighted by Crippen LogP contribution is -2.43. The molecule has 4 aromatic rings. The zero-order valence-corrected chi connectivity index (χ0v) is 22.6. The molecule has 210 valence electrons. The molecule has 4 N–H and O–H groups in total. The number of pyridine rings is 1. The summed E-state index contributed by atoms with van der Waals surface area (Å²) in [6, 6.07) is 14.3. The Kier molecular flexibility index (Phi) is 7.39. The van der Waals surface area contributed by atoms with E-state index in [2.05, 4.69) is 30.5 Å². The average Bonchev–Trinajstić information content (AvgIpc) is 3.33. The number of aromatic amines is 1. The average molecular weight is 575 g/mol. The van der Waals surface area contributed by atoms with Crippen molar-refractivity contribution in [1.82, 2.24) is 20.3 Å². The number of aromatic nitrogens is 3. The first-order chi connectivity index (χ1) is 19.9. The number of hydrogen-bond acceptors (Lipinski definition) is 8. The fourth-order valence-electron chi connectivity index (χ4n) is 5.20. The molecule has 0 aliphatic carbocycles. The van der Waals surface area contributed by atoms with Gasteiger partial charge in [0.25, 0.3) is 17.4 Å². The van der Waals surface area contributed by atoms with Crippen molar-refractivity contribution in [3.05, 3.63) is 92.9 Å². The number of aliphatic hydroxyl groups excluding tert-OH is 1. The molecular weight excluding hydrogens is 548 g/mol. The summed E-state index contributed by atoms with van der Waals surface area (Å²) in [5.74, 6) is -0.674. The van der Waals surface area contributed by atoms with Gasteiger partial charge in [0.15, 0.2) is 0 Å². The predicted molar refractivity (Wildman–Crippen MR) is 153 cm³/mol. The lowest BCUT2D eigenvalue weighted by Gasteiger charge is -2.32. The van der Waals surface area contributed by atoms with Crippen molar-refractivity contribution in [2.24, 2.45) is 0 Å². The molecule has 12 heteroatoms. The Morgan fingerprint density at radius 2 is 1.85 bits per heavy atom. The van der Waals surface area contributed by atoms with Crippen LogP contribution in [0.25, 0.3) is 11.0 Å². The molecule has 2 aromatic heterocycles. The third-order valence-electron chi connectivity index (χ3n) is 7.32. The summed E-state index contributed by atoms with van der Waals surface area (Å²) >= 11 is 6.31. The van der Waals surface area contributed by atoms with E-state index in [0.717, 1.165) is 18.4 Å². The molecule has 11 nitrogen and oxygen atoms in total. The van der Waals surface area contributed by atoms with Crippen LogP contribution in [0.15, 0.2) is 65.6 Å². The van der Waals surface area contributed by atoms with Crippen LogP contribution in [0.1, 0.15) is 45.2 Å². The van der Waals surface area contributed by atoms with Gasteiger partial charge in [-0.15, -0.1) is 0 Å². The van der Waals surface area contributed by atoms with E-state index in [1.165, 1.54) is 24.3 Å². The Bertz CT molecular complexity index is 1670. The third kappa shape index (κ3) is 5.64. The fraction of sp³-hybridized carbons (Fsp3) is 0.276. The Labute approximate surface area is 239 Å². The molecule has 3 atom stereocenters. The Hall–Kier alpha value is -4.32. The van der Waals surface area contributed by atoms with E-state index in [9.17, 15) is 19.5 Å². The van der Waals surface area contributed by atoms with E-state index in [1.54, 1.807) is 18.3 Å². The fourth-order valence-corrected chi connectivity index (χ4v) is 5.36. The summed E-state index contributed by atoms with van der Waals surface area (Å²) in [6.45, 7) is 1.09. The minimum Gasteiger partial charge on any atom is -0.394 e. The van der Waals surface area contributed by atoms with Crippen LogP contribution in [0.4, 0.5) is 11.6 Å². The standard InChI is InChI=1S/C29H27ClN6O5/c30-22-9-6-17(26(38)33-24(15-37)16-4-2-1-3-5-16)11-23(22)32-27(39)21-10-18-12-31-29(35-25(18)34-28(21)40)36-13-19-7-8-20(14-36)41-19/h1-6,9-12,19-20,24,37H,7-8,13-15H2,(H,32,39)(H,33,38)(H,31,34,35,40). The first kappa shape index (κ1) is 26.9. The maximum absolute atomic E-state index is 13.1. The molecule has 4 heterocycles. The number of hydrogen-bond donors (Lipinski definition) is 4. The second kappa shape index (κ2) is 11.3. The van der Waals surface area contributed by atoms with Crippen molar-refractivity contribution in [2.75, 3.05) is 29.9 Å². The minimum atomic E-state index is -0.709.